The molecule has 0 unspecified atom stereocenters. The van der Waals surface area contributed by atoms with E-state index >= 15 is 0 Å². The molecule has 0 N–H and O–H groups in total. The summed E-state index contributed by atoms with van der Waals surface area (Å²) in [6.45, 7) is 2.91. The van der Waals surface area contributed by atoms with Crippen molar-refractivity contribution in [3.8, 4) is 0 Å². The van der Waals surface area contributed by atoms with Crippen LogP contribution in [0, 0.1) is 0 Å². The van der Waals surface area contributed by atoms with E-state index < -0.39 is 6.18 Å². The van der Waals surface area contributed by atoms with Crippen molar-refractivity contribution in [1.82, 2.24) is 0 Å². The molecule has 0 spiro atoms. The van der Waals surface area contributed by atoms with Crippen LogP contribution in [0.4, 0.5) is 0 Å². The zero-order valence-corrected chi connectivity index (χ0v) is 19.0. The summed E-state index contributed by atoms with van der Waals surface area (Å²) in [5.74, 6) is 0. The first-order chi connectivity index (χ1) is 14.2. The molecular weight excluding hydrogens is 395 g/mol. The fourth-order valence-electron chi connectivity index (χ4n) is 3.87. The van der Waals surface area contributed by atoms with Crippen molar-refractivity contribution in [3.63, 3.8) is 0 Å². The van der Waals surface area contributed by atoms with Crippen molar-refractivity contribution in [1.29, 1.82) is 0 Å². The molecule has 0 amide bonds. The quantitative estimate of drug-likeness (QED) is 0.238. The van der Waals surface area contributed by atoms with Crippen LogP contribution in [0.5, 0.6) is 0 Å². The molecule has 0 saturated carbocycles. The van der Waals surface area contributed by atoms with Crippen LogP contribution in [0.2, 0.25) is 0 Å². The summed E-state index contributed by atoms with van der Waals surface area (Å²) in [6, 6.07) is 31.1. The average molecular weight is 427 g/mol. The van der Waals surface area contributed by atoms with Crippen molar-refractivity contribution in [2.24, 2.45) is 0 Å². The number of halogens is 1. The first kappa shape index (κ1) is 22.0. The van der Waals surface area contributed by atoms with E-state index in [0.717, 1.165) is 22.3 Å². The Hall–Kier alpha value is -1.66. The predicted molar refractivity (Wildman–Crippen MR) is 130 cm³/mol. The van der Waals surface area contributed by atoms with E-state index in [1.54, 1.807) is 0 Å². The number of rotatable bonds is 11. The fourth-order valence-corrected chi connectivity index (χ4v) is 9.02. The maximum absolute atomic E-state index is 7.84. The van der Waals surface area contributed by atoms with Gasteiger partial charge in [0.05, 0.1) is 0 Å². The average Bonchev–Trinajstić information content (AvgIpc) is 2.80. The Kier molecular flexibility index (Phi) is 7.90. The third-order valence-electron chi connectivity index (χ3n) is 5.48. The molecule has 1 nitrogen and oxygen atoms in total. The standard InChI is InChI=1S/C26H32ClOP/c1-2-3-4-5-6-16-23-28-29(27,24-17-10-7-11-18-24,25-19-12-8-13-20-25)26-21-14-9-15-22-26/h7-15,17-22H,2-6,16,23H2,1H3. The first-order valence-electron chi connectivity index (χ1n) is 10.8. The summed E-state index contributed by atoms with van der Waals surface area (Å²) in [7, 11) is 0. The van der Waals surface area contributed by atoms with E-state index in [1.165, 1.54) is 32.1 Å². The van der Waals surface area contributed by atoms with E-state index in [2.05, 4.69) is 79.7 Å². The molecule has 0 bridgehead atoms. The van der Waals surface area contributed by atoms with Crippen LogP contribution in [-0.4, -0.2) is 6.61 Å². The Morgan fingerprint density at radius 1 is 0.586 bits per heavy atom. The van der Waals surface area contributed by atoms with Gasteiger partial charge >= 0.3 is 181 Å². The molecule has 0 aliphatic rings. The van der Waals surface area contributed by atoms with Crippen molar-refractivity contribution < 1.29 is 4.52 Å². The van der Waals surface area contributed by atoms with Gasteiger partial charge in [0.1, 0.15) is 0 Å². The van der Waals surface area contributed by atoms with Gasteiger partial charge in [0.15, 0.2) is 0 Å². The third kappa shape index (κ3) is 4.75. The van der Waals surface area contributed by atoms with Gasteiger partial charge in [-0.3, -0.25) is 0 Å². The Morgan fingerprint density at radius 2 is 0.966 bits per heavy atom. The molecule has 0 aromatic heterocycles. The molecule has 29 heavy (non-hydrogen) atoms. The van der Waals surface area contributed by atoms with Crippen LogP contribution < -0.4 is 15.9 Å². The molecule has 0 radical (unpaired) electrons. The molecular formula is C26H32ClOP. The molecule has 0 heterocycles. The summed E-state index contributed by atoms with van der Waals surface area (Å²) < 4.78 is 6.88. The summed E-state index contributed by atoms with van der Waals surface area (Å²) in [6.07, 6.45) is 3.82. The van der Waals surface area contributed by atoms with Gasteiger partial charge < -0.3 is 0 Å². The molecule has 0 aliphatic heterocycles. The van der Waals surface area contributed by atoms with Gasteiger partial charge in [-0.25, -0.2) is 0 Å². The van der Waals surface area contributed by atoms with Crippen LogP contribution in [0.25, 0.3) is 0 Å². The topological polar surface area (TPSA) is 9.23 Å². The SMILES string of the molecule is CCCCCCCCOP(Cl)(c1ccccc1)(c1ccccc1)c1ccccc1. The second kappa shape index (κ2) is 10.4. The third-order valence-corrected chi connectivity index (χ3v) is 11.9. The van der Waals surface area contributed by atoms with E-state index in [0.29, 0.717) is 6.61 Å². The Bertz CT molecular complexity index is 752. The summed E-state index contributed by atoms with van der Waals surface area (Å²) in [5, 5.41) is 3.18. The molecule has 3 aromatic carbocycles. The van der Waals surface area contributed by atoms with Gasteiger partial charge in [-0.05, 0) is 0 Å². The van der Waals surface area contributed by atoms with E-state index in [9.17, 15) is 0 Å². The molecule has 154 valence electrons. The van der Waals surface area contributed by atoms with Crippen LogP contribution >= 0.6 is 17.4 Å². The molecule has 0 fully saturated rings. The molecule has 0 aliphatic carbocycles. The monoisotopic (exact) mass is 426 g/mol. The summed E-state index contributed by atoms with van der Waals surface area (Å²) in [5.41, 5.74) is 0. The van der Waals surface area contributed by atoms with E-state index in [-0.39, 0.29) is 0 Å². The summed E-state index contributed by atoms with van der Waals surface area (Å²) >= 11 is 7.84. The van der Waals surface area contributed by atoms with Crippen molar-refractivity contribution in [2.75, 3.05) is 6.61 Å². The van der Waals surface area contributed by atoms with Crippen molar-refractivity contribution in [2.45, 2.75) is 45.4 Å². The van der Waals surface area contributed by atoms with Gasteiger partial charge in [0, 0.05) is 0 Å². The number of unbranched alkanes of at least 4 members (excludes halogenated alkanes) is 5. The van der Waals surface area contributed by atoms with E-state index in [4.69, 9.17) is 15.8 Å². The molecule has 3 aromatic rings. The minimum atomic E-state index is -3.54. The normalized spacial score (nSPS) is 13.0. The zero-order valence-electron chi connectivity index (χ0n) is 17.3. The van der Waals surface area contributed by atoms with Gasteiger partial charge in [0.25, 0.3) is 0 Å². The van der Waals surface area contributed by atoms with Crippen LogP contribution in [0.1, 0.15) is 45.4 Å². The number of hydrogen-bond donors (Lipinski definition) is 0. The summed E-state index contributed by atoms with van der Waals surface area (Å²) in [4.78, 5) is 0. The molecule has 3 heteroatoms. The van der Waals surface area contributed by atoms with Gasteiger partial charge in [-0.15, -0.1) is 0 Å². The van der Waals surface area contributed by atoms with Crippen LogP contribution in [0.3, 0.4) is 0 Å². The van der Waals surface area contributed by atoms with Crippen molar-refractivity contribution >= 4 is 33.3 Å². The Morgan fingerprint density at radius 3 is 1.38 bits per heavy atom. The maximum atomic E-state index is 7.84. The zero-order chi connectivity index (χ0) is 20.4. The number of benzene rings is 3. The molecule has 3 rings (SSSR count). The predicted octanol–water partition coefficient (Wildman–Crippen LogP) is 6.96. The number of hydrogen-bond acceptors (Lipinski definition) is 1. The Balaban J connectivity index is 2.00. The van der Waals surface area contributed by atoms with Crippen LogP contribution in [0.15, 0.2) is 91.0 Å². The molecule has 0 saturated heterocycles. The Labute approximate surface area is 180 Å². The second-order valence-corrected chi connectivity index (χ2v) is 13.1. The first-order valence-corrected chi connectivity index (χ1v) is 13.8. The second-order valence-electron chi connectivity index (χ2n) is 7.54. The fraction of sp³-hybridized carbons (Fsp3) is 0.308. The van der Waals surface area contributed by atoms with Gasteiger partial charge in [-0.1, -0.05) is 0 Å². The van der Waals surface area contributed by atoms with Crippen LogP contribution in [-0.2, 0) is 4.52 Å². The minimum absolute atomic E-state index is 0.659. The van der Waals surface area contributed by atoms with Gasteiger partial charge in [0.2, 0.25) is 0 Å². The van der Waals surface area contributed by atoms with E-state index in [1.807, 2.05) is 18.2 Å². The van der Waals surface area contributed by atoms with Crippen molar-refractivity contribution in [3.05, 3.63) is 91.0 Å². The van der Waals surface area contributed by atoms with Gasteiger partial charge in [-0.2, -0.15) is 0 Å². The molecule has 0 atom stereocenters.